The number of benzene rings is 1. The molecule has 1 aromatic carbocycles. The molecule has 1 aromatic rings. The van der Waals surface area contributed by atoms with Crippen molar-refractivity contribution in [2.24, 2.45) is 4.99 Å². The molecular weight excluding hydrogens is 455 g/mol. The summed E-state index contributed by atoms with van der Waals surface area (Å²) in [5.41, 5.74) is 1.53. The van der Waals surface area contributed by atoms with Gasteiger partial charge in [-0.1, -0.05) is 12.5 Å². The van der Waals surface area contributed by atoms with Gasteiger partial charge in [-0.2, -0.15) is 0 Å². The second kappa shape index (κ2) is 9.32. The van der Waals surface area contributed by atoms with Crippen LogP contribution in [0.1, 0.15) is 37.7 Å². The van der Waals surface area contributed by atoms with Crippen LogP contribution in [-0.2, 0) is 5.41 Å². The highest BCUT2D eigenvalue weighted by atomic mass is 127. The van der Waals surface area contributed by atoms with E-state index in [1.807, 2.05) is 13.1 Å². The van der Waals surface area contributed by atoms with E-state index < -0.39 is 0 Å². The largest absolute Gasteiger partial charge is 0.454 e. The molecule has 0 spiro atoms. The van der Waals surface area contributed by atoms with E-state index in [2.05, 4.69) is 32.7 Å². The number of rotatable bonds is 6. The first-order chi connectivity index (χ1) is 12.8. The molecule has 2 aliphatic heterocycles. The van der Waals surface area contributed by atoms with E-state index in [9.17, 15) is 0 Å². The van der Waals surface area contributed by atoms with E-state index in [-0.39, 0.29) is 29.4 Å². The average Bonchev–Trinajstić information content (AvgIpc) is 3.33. The predicted octanol–water partition coefficient (Wildman–Crippen LogP) is 2.72. The van der Waals surface area contributed by atoms with Crippen molar-refractivity contribution >= 4 is 29.9 Å². The van der Waals surface area contributed by atoms with Crippen molar-refractivity contribution in [1.29, 1.82) is 0 Å². The average molecular weight is 486 g/mol. The molecule has 7 heteroatoms. The highest BCUT2D eigenvalue weighted by molar-refractivity contribution is 14.0. The number of nitrogens with one attached hydrogen (secondary N) is 2. The summed E-state index contributed by atoms with van der Waals surface area (Å²) in [4.78, 5) is 6.92. The van der Waals surface area contributed by atoms with Crippen molar-refractivity contribution in [1.82, 2.24) is 15.5 Å². The molecule has 27 heavy (non-hydrogen) atoms. The van der Waals surface area contributed by atoms with Crippen molar-refractivity contribution in [3.8, 4) is 11.5 Å². The zero-order chi connectivity index (χ0) is 17.8. The summed E-state index contributed by atoms with van der Waals surface area (Å²) in [5.74, 6) is 2.62. The van der Waals surface area contributed by atoms with Gasteiger partial charge in [0.05, 0.1) is 0 Å². The van der Waals surface area contributed by atoms with Crippen LogP contribution in [0.2, 0.25) is 0 Å². The lowest BCUT2D eigenvalue weighted by atomic mass is 9.95. The van der Waals surface area contributed by atoms with Crippen LogP contribution in [0.5, 0.6) is 11.5 Å². The first kappa shape index (κ1) is 20.5. The third kappa shape index (κ3) is 4.99. The van der Waals surface area contributed by atoms with E-state index in [0.717, 1.165) is 37.1 Å². The number of hydrogen-bond acceptors (Lipinski definition) is 4. The lowest BCUT2D eigenvalue weighted by molar-refractivity contribution is 0.174. The Balaban J connectivity index is 0.00000210. The Labute approximate surface area is 179 Å². The summed E-state index contributed by atoms with van der Waals surface area (Å²) in [6, 6.07) is 6.35. The smallest absolute Gasteiger partial charge is 0.231 e. The van der Waals surface area contributed by atoms with Gasteiger partial charge in [0.15, 0.2) is 17.5 Å². The fourth-order valence-corrected chi connectivity index (χ4v) is 3.93. The molecule has 1 saturated heterocycles. The van der Waals surface area contributed by atoms with Gasteiger partial charge in [-0.3, -0.25) is 4.99 Å². The molecule has 0 aromatic heterocycles. The van der Waals surface area contributed by atoms with Gasteiger partial charge in [0, 0.05) is 32.1 Å². The molecule has 1 saturated carbocycles. The molecule has 4 rings (SSSR count). The Kier molecular flexibility index (Phi) is 7.08. The summed E-state index contributed by atoms with van der Waals surface area (Å²) >= 11 is 0. The minimum Gasteiger partial charge on any atom is -0.454 e. The molecule has 2 N–H and O–H groups in total. The number of halogens is 1. The maximum absolute atomic E-state index is 5.54. The normalized spacial score (nSPS) is 20.7. The lowest BCUT2D eigenvalue weighted by Crippen LogP contribution is -2.44. The van der Waals surface area contributed by atoms with Gasteiger partial charge in [-0.25, -0.2) is 0 Å². The number of guanidine groups is 1. The minimum atomic E-state index is 0. The molecular formula is C20H31IN4O2. The van der Waals surface area contributed by atoms with E-state index >= 15 is 0 Å². The van der Waals surface area contributed by atoms with Crippen LogP contribution in [0.25, 0.3) is 0 Å². The second-order valence-electron chi connectivity index (χ2n) is 7.60. The molecule has 2 heterocycles. The van der Waals surface area contributed by atoms with Crippen LogP contribution in [0.4, 0.5) is 0 Å². The predicted molar refractivity (Wildman–Crippen MR) is 119 cm³/mol. The summed E-state index contributed by atoms with van der Waals surface area (Å²) in [6.45, 7) is 5.74. The number of hydrogen-bond donors (Lipinski definition) is 2. The van der Waals surface area contributed by atoms with Crippen LogP contribution in [-0.4, -0.2) is 57.4 Å². The number of piperidine rings is 1. The van der Waals surface area contributed by atoms with Gasteiger partial charge >= 0.3 is 0 Å². The number of aliphatic imine (C=N–C) groups is 1. The first-order valence-electron chi connectivity index (χ1n) is 9.86. The summed E-state index contributed by atoms with van der Waals surface area (Å²) in [6.07, 6.45) is 6.46. The Morgan fingerprint density at radius 3 is 2.63 bits per heavy atom. The van der Waals surface area contributed by atoms with Gasteiger partial charge in [-0.15, -0.1) is 24.0 Å². The number of nitrogens with zero attached hydrogens (tertiary/aromatic N) is 2. The van der Waals surface area contributed by atoms with Crippen molar-refractivity contribution < 1.29 is 9.47 Å². The highest BCUT2D eigenvalue weighted by Crippen LogP contribution is 2.49. The molecule has 0 radical (unpaired) electrons. The second-order valence-corrected chi connectivity index (χ2v) is 7.60. The molecule has 0 unspecified atom stereocenters. The zero-order valence-electron chi connectivity index (χ0n) is 16.1. The fourth-order valence-electron chi connectivity index (χ4n) is 3.93. The van der Waals surface area contributed by atoms with E-state index in [0.29, 0.717) is 6.79 Å². The van der Waals surface area contributed by atoms with Crippen LogP contribution in [0.15, 0.2) is 23.2 Å². The maximum Gasteiger partial charge on any atom is 0.231 e. The summed E-state index contributed by atoms with van der Waals surface area (Å²) in [5, 5.41) is 6.99. The van der Waals surface area contributed by atoms with E-state index in [1.165, 1.54) is 50.8 Å². The van der Waals surface area contributed by atoms with Crippen LogP contribution in [0, 0.1) is 0 Å². The third-order valence-corrected chi connectivity index (χ3v) is 5.83. The van der Waals surface area contributed by atoms with Gasteiger partial charge < -0.3 is 25.0 Å². The monoisotopic (exact) mass is 486 g/mol. The van der Waals surface area contributed by atoms with Crippen LogP contribution < -0.4 is 20.1 Å². The number of likely N-dealkylation sites (tertiary alicyclic amines) is 1. The van der Waals surface area contributed by atoms with Gasteiger partial charge in [0.2, 0.25) is 6.79 Å². The van der Waals surface area contributed by atoms with Crippen molar-refractivity contribution in [2.45, 2.75) is 37.5 Å². The number of ether oxygens (including phenoxy) is 2. The molecule has 6 nitrogen and oxygen atoms in total. The summed E-state index contributed by atoms with van der Waals surface area (Å²) < 4.78 is 11.0. The van der Waals surface area contributed by atoms with E-state index in [1.54, 1.807) is 0 Å². The topological polar surface area (TPSA) is 58.1 Å². The van der Waals surface area contributed by atoms with Gasteiger partial charge in [0.25, 0.3) is 0 Å². The maximum atomic E-state index is 5.54. The molecule has 2 fully saturated rings. The first-order valence-corrected chi connectivity index (χ1v) is 9.86. The number of fused-ring (bicyclic) bond motifs is 1. The zero-order valence-corrected chi connectivity index (χ0v) is 18.5. The molecule has 0 amide bonds. The lowest BCUT2D eigenvalue weighted by Gasteiger charge is -2.27. The standard InChI is InChI=1S/C20H30N4O2.HI/c1-21-19(22-9-12-24-10-3-2-4-11-24)23-14-20(7-8-20)16-5-6-17-18(13-16)26-15-25-17;/h5-6,13H,2-4,7-12,14-15H2,1H3,(H2,21,22,23);1H. The van der Waals surface area contributed by atoms with Crippen molar-refractivity contribution in [3.63, 3.8) is 0 Å². The third-order valence-electron chi connectivity index (χ3n) is 5.83. The Morgan fingerprint density at radius 2 is 1.89 bits per heavy atom. The fraction of sp³-hybridized carbons (Fsp3) is 0.650. The quantitative estimate of drug-likeness (QED) is 0.368. The molecule has 0 atom stereocenters. The molecule has 1 aliphatic carbocycles. The Morgan fingerprint density at radius 1 is 1.11 bits per heavy atom. The minimum absolute atomic E-state index is 0. The van der Waals surface area contributed by atoms with Crippen LogP contribution in [0.3, 0.4) is 0 Å². The SMILES string of the molecule is CN=C(NCCN1CCCCC1)NCC1(c2ccc3c(c2)OCO3)CC1.I. The highest BCUT2D eigenvalue weighted by Gasteiger charge is 2.44. The van der Waals surface area contributed by atoms with E-state index in [4.69, 9.17) is 9.47 Å². The molecule has 3 aliphatic rings. The Bertz CT molecular complexity index is 657. The van der Waals surface area contributed by atoms with Crippen molar-refractivity contribution in [2.75, 3.05) is 46.6 Å². The Hall–Kier alpha value is -1.22. The van der Waals surface area contributed by atoms with Gasteiger partial charge in [0.1, 0.15) is 0 Å². The van der Waals surface area contributed by atoms with Crippen LogP contribution >= 0.6 is 24.0 Å². The molecule has 150 valence electrons. The van der Waals surface area contributed by atoms with Crippen molar-refractivity contribution in [3.05, 3.63) is 23.8 Å². The molecule has 0 bridgehead atoms. The summed E-state index contributed by atoms with van der Waals surface area (Å²) in [7, 11) is 1.84. The van der Waals surface area contributed by atoms with Gasteiger partial charge in [-0.05, 0) is 56.5 Å².